The third-order valence-electron chi connectivity index (χ3n) is 4.09. The summed E-state index contributed by atoms with van der Waals surface area (Å²) in [5.41, 5.74) is 0. The van der Waals surface area contributed by atoms with Gasteiger partial charge in [-0.05, 0) is 44.8 Å². The number of methoxy groups -OCH3 is 1. The normalized spacial score (nSPS) is 18.2. The largest absolute Gasteiger partial charge is 0.495 e. The first-order valence-electron chi connectivity index (χ1n) is 7.82. The molecule has 0 spiro atoms. The molecule has 1 unspecified atom stereocenters. The third kappa shape index (κ3) is 4.69. The summed E-state index contributed by atoms with van der Waals surface area (Å²) in [7, 11) is 1.56. The molecule has 1 atom stereocenters. The predicted molar refractivity (Wildman–Crippen MR) is 88.8 cm³/mol. The maximum atomic E-state index is 12.2. The van der Waals surface area contributed by atoms with Crippen molar-refractivity contribution < 1.29 is 14.6 Å². The topological polar surface area (TPSA) is 61.8 Å². The Morgan fingerprint density at radius 3 is 2.86 bits per heavy atom. The zero-order valence-corrected chi connectivity index (χ0v) is 14.4. The number of nitrogens with zero attached hydrogens (tertiary/aromatic N) is 1. The van der Waals surface area contributed by atoms with Crippen LogP contribution >= 0.6 is 11.3 Å². The number of ether oxygens (including phenoxy) is 1. The maximum Gasteiger partial charge on any atom is 0.265 e. The first kappa shape index (κ1) is 17.2. The first-order valence-corrected chi connectivity index (χ1v) is 8.64. The Bertz CT molecular complexity index is 496. The molecule has 0 radical (unpaired) electrons. The summed E-state index contributed by atoms with van der Waals surface area (Å²) in [5.74, 6) is 1.20. The minimum atomic E-state index is -0.538. The highest BCUT2D eigenvalue weighted by atomic mass is 32.1. The van der Waals surface area contributed by atoms with Crippen molar-refractivity contribution in [2.24, 2.45) is 5.92 Å². The van der Waals surface area contributed by atoms with Crippen LogP contribution in [-0.2, 0) is 0 Å². The second-order valence-electron chi connectivity index (χ2n) is 6.10. The van der Waals surface area contributed by atoms with E-state index in [9.17, 15) is 9.90 Å². The van der Waals surface area contributed by atoms with Crippen molar-refractivity contribution in [1.29, 1.82) is 0 Å². The van der Waals surface area contributed by atoms with E-state index >= 15 is 0 Å². The molecule has 0 bridgehead atoms. The fourth-order valence-corrected chi connectivity index (χ4v) is 3.59. The number of piperidine rings is 1. The molecule has 1 aromatic heterocycles. The Balaban J connectivity index is 1.78. The molecule has 1 aliphatic heterocycles. The summed E-state index contributed by atoms with van der Waals surface area (Å²) >= 11 is 1.41. The van der Waals surface area contributed by atoms with Crippen molar-refractivity contribution >= 4 is 17.2 Å². The van der Waals surface area contributed by atoms with Crippen LogP contribution in [0.5, 0.6) is 5.75 Å². The van der Waals surface area contributed by atoms with Crippen LogP contribution in [0, 0.1) is 12.8 Å². The van der Waals surface area contributed by atoms with Gasteiger partial charge in [0.15, 0.2) is 0 Å². The minimum Gasteiger partial charge on any atom is -0.495 e. The first-order chi connectivity index (χ1) is 10.5. The van der Waals surface area contributed by atoms with Gasteiger partial charge in [0, 0.05) is 18.0 Å². The number of likely N-dealkylation sites (tertiary alicyclic amines) is 1. The number of hydrogen-bond acceptors (Lipinski definition) is 5. The zero-order chi connectivity index (χ0) is 16.1. The fourth-order valence-electron chi connectivity index (χ4n) is 2.70. The molecule has 2 heterocycles. The molecule has 124 valence electrons. The van der Waals surface area contributed by atoms with Gasteiger partial charge in [0.1, 0.15) is 10.6 Å². The van der Waals surface area contributed by atoms with E-state index in [1.165, 1.54) is 24.2 Å². The van der Waals surface area contributed by atoms with Gasteiger partial charge in [-0.1, -0.05) is 6.92 Å². The fraction of sp³-hybridized carbons (Fsp3) is 0.688. The van der Waals surface area contributed by atoms with Gasteiger partial charge in [0.05, 0.1) is 13.2 Å². The van der Waals surface area contributed by atoms with Crippen LogP contribution in [0.2, 0.25) is 0 Å². The lowest BCUT2D eigenvalue weighted by molar-refractivity contribution is 0.0796. The molecular formula is C16H26N2O3S. The van der Waals surface area contributed by atoms with E-state index < -0.39 is 6.10 Å². The van der Waals surface area contributed by atoms with E-state index in [-0.39, 0.29) is 12.5 Å². The van der Waals surface area contributed by atoms with Gasteiger partial charge in [-0.3, -0.25) is 4.79 Å². The summed E-state index contributed by atoms with van der Waals surface area (Å²) in [4.78, 5) is 16.0. The third-order valence-corrected chi connectivity index (χ3v) is 5.12. The summed E-state index contributed by atoms with van der Waals surface area (Å²) in [6, 6.07) is 1.85. The highest BCUT2D eigenvalue weighted by molar-refractivity contribution is 7.14. The van der Waals surface area contributed by atoms with E-state index in [4.69, 9.17) is 4.74 Å². The van der Waals surface area contributed by atoms with Crippen molar-refractivity contribution in [2.45, 2.75) is 32.8 Å². The van der Waals surface area contributed by atoms with Crippen LogP contribution in [0.1, 0.15) is 34.3 Å². The Hall–Kier alpha value is -1.11. The molecule has 0 aromatic carbocycles. The Morgan fingerprint density at radius 1 is 1.55 bits per heavy atom. The SMILES string of the molecule is COc1cc(C)sc1C(=O)NCC(O)CN1CCC(C)CC1. The van der Waals surface area contributed by atoms with Gasteiger partial charge in [-0.2, -0.15) is 0 Å². The lowest BCUT2D eigenvalue weighted by Crippen LogP contribution is -2.42. The highest BCUT2D eigenvalue weighted by Gasteiger charge is 2.20. The lowest BCUT2D eigenvalue weighted by Gasteiger charge is -2.31. The molecule has 1 aliphatic rings. The molecule has 0 aliphatic carbocycles. The number of aliphatic hydroxyl groups is 1. The molecule has 22 heavy (non-hydrogen) atoms. The molecule has 1 amide bonds. The number of nitrogens with one attached hydrogen (secondary N) is 1. The van der Waals surface area contributed by atoms with Crippen molar-refractivity contribution in [2.75, 3.05) is 33.3 Å². The molecule has 1 aromatic rings. The highest BCUT2D eigenvalue weighted by Crippen LogP contribution is 2.28. The monoisotopic (exact) mass is 326 g/mol. The van der Waals surface area contributed by atoms with E-state index in [1.54, 1.807) is 7.11 Å². The van der Waals surface area contributed by atoms with E-state index in [0.717, 1.165) is 23.9 Å². The number of rotatable bonds is 6. The summed E-state index contributed by atoms with van der Waals surface area (Å²) in [6.07, 6.45) is 1.83. The quantitative estimate of drug-likeness (QED) is 0.838. The number of amides is 1. The van der Waals surface area contributed by atoms with Crippen molar-refractivity contribution in [1.82, 2.24) is 10.2 Å². The number of aryl methyl sites for hydroxylation is 1. The molecule has 6 heteroatoms. The van der Waals surface area contributed by atoms with Crippen LogP contribution in [0.15, 0.2) is 6.07 Å². The summed E-state index contributed by atoms with van der Waals surface area (Å²) < 4.78 is 5.20. The van der Waals surface area contributed by atoms with Gasteiger partial charge in [0.25, 0.3) is 5.91 Å². The van der Waals surface area contributed by atoms with Crippen molar-refractivity contribution in [3.63, 3.8) is 0 Å². The number of aliphatic hydroxyl groups excluding tert-OH is 1. The molecule has 0 saturated carbocycles. The van der Waals surface area contributed by atoms with Gasteiger partial charge >= 0.3 is 0 Å². The maximum absolute atomic E-state index is 12.2. The molecular weight excluding hydrogens is 300 g/mol. The Labute approximate surface area is 136 Å². The van der Waals surface area contributed by atoms with Crippen LogP contribution in [0.4, 0.5) is 0 Å². The smallest absolute Gasteiger partial charge is 0.265 e. The molecule has 2 rings (SSSR count). The van der Waals surface area contributed by atoms with Crippen molar-refractivity contribution in [3.05, 3.63) is 15.8 Å². The van der Waals surface area contributed by atoms with E-state index in [1.807, 2.05) is 13.0 Å². The molecule has 2 N–H and O–H groups in total. The van der Waals surface area contributed by atoms with Crippen molar-refractivity contribution in [3.8, 4) is 5.75 Å². The average molecular weight is 326 g/mol. The summed E-state index contributed by atoms with van der Waals surface area (Å²) in [6.45, 7) is 7.16. The molecule has 5 nitrogen and oxygen atoms in total. The molecule has 1 fully saturated rings. The number of thiophene rings is 1. The Morgan fingerprint density at radius 2 is 2.23 bits per heavy atom. The second kappa shape index (κ2) is 7.94. The number of carbonyl (C=O) groups is 1. The van der Waals surface area contributed by atoms with Gasteiger partial charge in [-0.25, -0.2) is 0 Å². The second-order valence-corrected chi connectivity index (χ2v) is 7.36. The van der Waals surface area contributed by atoms with E-state index in [0.29, 0.717) is 17.2 Å². The van der Waals surface area contributed by atoms with Crippen LogP contribution in [0.3, 0.4) is 0 Å². The van der Waals surface area contributed by atoms with Gasteiger partial charge in [-0.15, -0.1) is 11.3 Å². The number of carbonyl (C=O) groups excluding carboxylic acids is 1. The predicted octanol–water partition coefficient (Wildman–Crippen LogP) is 1.89. The van der Waals surface area contributed by atoms with Crippen LogP contribution < -0.4 is 10.1 Å². The molecule has 1 saturated heterocycles. The van der Waals surface area contributed by atoms with Crippen LogP contribution in [-0.4, -0.2) is 55.3 Å². The standard InChI is InChI=1S/C16H26N2O3S/c1-11-4-6-18(7-5-11)10-13(19)9-17-16(20)15-14(21-3)8-12(2)22-15/h8,11,13,19H,4-7,9-10H2,1-3H3,(H,17,20). The number of hydrogen-bond donors (Lipinski definition) is 2. The van der Waals surface area contributed by atoms with Gasteiger partial charge < -0.3 is 20.1 Å². The minimum absolute atomic E-state index is 0.179. The summed E-state index contributed by atoms with van der Waals surface area (Å²) in [5, 5.41) is 12.9. The lowest BCUT2D eigenvalue weighted by atomic mass is 9.99. The zero-order valence-electron chi connectivity index (χ0n) is 13.6. The number of β-amino-alcohol motifs (C(OH)–C–C–N with tert-alkyl or cyclic N) is 1. The Kier molecular flexibility index (Phi) is 6.23. The van der Waals surface area contributed by atoms with E-state index in [2.05, 4.69) is 17.1 Å². The van der Waals surface area contributed by atoms with Gasteiger partial charge in [0.2, 0.25) is 0 Å². The van der Waals surface area contributed by atoms with Crippen LogP contribution in [0.25, 0.3) is 0 Å². The average Bonchev–Trinajstić information content (AvgIpc) is 2.88.